The summed E-state index contributed by atoms with van der Waals surface area (Å²) in [6, 6.07) is 0. The van der Waals surface area contributed by atoms with Gasteiger partial charge >= 0.3 is 6.09 Å². The predicted molar refractivity (Wildman–Crippen MR) is 39.5 cm³/mol. The first-order chi connectivity index (χ1) is 4.92. The van der Waals surface area contributed by atoms with E-state index in [-0.39, 0.29) is 6.61 Å². The second-order valence-electron chi connectivity index (χ2n) is 1.83. The molecule has 0 aliphatic heterocycles. The molecule has 6 heteroatoms. The maximum absolute atomic E-state index is 10.4. The normalized spacial score (nSPS) is 11.7. The minimum Gasteiger partial charge on any atom is -0.445 e. The van der Waals surface area contributed by atoms with Crippen molar-refractivity contribution >= 4 is 15.9 Å². The van der Waals surface area contributed by atoms with Gasteiger partial charge in [0.2, 0.25) is 0 Å². The number of hydrogen-bond donors (Lipinski definition) is 1. The van der Waals surface area contributed by atoms with Crippen molar-refractivity contribution in [2.75, 3.05) is 12.9 Å². The molecule has 0 saturated carbocycles. The van der Waals surface area contributed by atoms with Crippen LogP contribution in [0, 0.1) is 0 Å². The van der Waals surface area contributed by atoms with Crippen molar-refractivity contribution in [2.45, 2.75) is 0 Å². The average Bonchev–Trinajstić information content (AvgIpc) is 1.78. The van der Waals surface area contributed by atoms with Gasteiger partial charge in [0.15, 0.2) is 9.84 Å². The van der Waals surface area contributed by atoms with Gasteiger partial charge in [0.25, 0.3) is 0 Å². The van der Waals surface area contributed by atoms with Crippen molar-refractivity contribution < 1.29 is 17.9 Å². The smallest absolute Gasteiger partial charge is 0.404 e. The van der Waals surface area contributed by atoms with Gasteiger partial charge in [0, 0.05) is 11.7 Å². The van der Waals surface area contributed by atoms with Crippen LogP contribution in [0.5, 0.6) is 0 Å². The molecule has 0 aliphatic rings. The first-order valence-electron chi connectivity index (χ1n) is 2.70. The number of amides is 1. The van der Waals surface area contributed by atoms with Crippen molar-refractivity contribution in [3.8, 4) is 0 Å². The third-order valence-corrected chi connectivity index (χ3v) is 1.35. The molecule has 11 heavy (non-hydrogen) atoms. The molecule has 0 atom stereocenters. The Morgan fingerprint density at radius 3 is 2.55 bits per heavy atom. The van der Waals surface area contributed by atoms with Gasteiger partial charge < -0.3 is 10.5 Å². The lowest BCUT2D eigenvalue weighted by atomic mass is 10.7. The van der Waals surface area contributed by atoms with Crippen LogP contribution in [0.1, 0.15) is 0 Å². The Balaban J connectivity index is 3.72. The van der Waals surface area contributed by atoms with Gasteiger partial charge in [-0.05, 0) is 6.08 Å². The van der Waals surface area contributed by atoms with Gasteiger partial charge in [-0.2, -0.15) is 0 Å². The van der Waals surface area contributed by atoms with E-state index in [4.69, 9.17) is 0 Å². The van der Waals surface area contributed by atoms with Gasteiger partial charge in [0.1, 0.15) is 6.61 Å². The summed E-state index contributed by atoms with van der Waals surface area (Å²) in [6.07, 6.45) is 1.30. The zero-order valence-electron chi connectivity index (χ0n) is 5.98. The van der Waals surface area contributed by atoms with Crippen molar-refractivity contribution in [1.82, 2.24) is 0 Å². The van der Waals surface area contributed by atoms with Crippen molar-refractivity contribution in [2.24, 2.45) is 5.73 Å². The maximum Gasteiger partial charge on any atom is 0.404 e. The Bertz CT molecular complexity index is 254. The highest BCUT2D eigenvalue weighted by atomic mass is 32.2. The van der Waals surface area contributed by atoms with E-state index in [1.807, 2.05) is 0 Å². The van der Waals surface area contributed by atoms with E-state index in [2.05, 4.69) is 10.5 Å². The molecule has 0 aliphatic carbocycles. The fourth-order valence-corrected chi connectivity index (χ4v) is 0.772. The van der Waals surface area contributed by atoms with E-state index < -0.39 is 15.9 Å². The highest BCUT2D eigenvalue weighted by Crippen LogP contribution is 1.85. The van der Waals surface area contributed by atoms with Crippen LogP contribution in [0.25, 0.3) is 0 Å². The lowest BCUT2D eigenvalue weighted by Gasteiger charge is -1.92. The number of sulfone groups is 1. The van der Waals surface area contributed by atoms with E-state index in [1.165, 1.54) is 6.08 Å². The topological polar surface area (TPSA) is 86.5 Å². The molecule has 0 unspecified atom stereocenters. The monoisotopic (exact) mass is 179 g/mol. The molecular weight excluding hydrogens is 170 g/mol. The Morgan fingerprint density at radius 1 is 1.64 bits per heavy atom. The van der Waals surface area contributed by atoms with Crippen LogP contribution in [0.3, 0.4) is 0 Å². The summed E-state index contributed by atoms with van der Waals surface area (Å²) >= 11 is 0. The zero-order valence-corrected chi connectivity index (χ0v) is 6.80. The molecule has 0 bridgehead atoms. The molecule has 0 heterocycles. The fourth-order valence-electron chi connectivity index (χ4n) is 0.344. The molecule has 0 aromatic carbocycles. The molecule has 0 saturated heterocycles. The van der Waals surface area contributed by atoms with Gasteiger partial charge in [-0.15, -0.1) is 0 Å². The van der Waals surface area contributed by atoms with Crippen molar-refractivity contribution in [3.63, 3.8) is 0 Å². The number of rotatable bonds is 3. The van der Waals surface area contributed by atoms with Crippen molar-refractivity contribution in [1.29, 1.82) is 0 Å². The van der Waals surface area contributed by atoms with Crippen LogP contribution in [-0.4, -0.2) is 27.4 Å². The Kier molecular flexibility index (Phi) is 3.59. The van der Waals surface area contributed by atoms with Crippen LogP contribution in [0.4, 0.5) is 4.79 Å². The molecule has 2 N–H and O–H groups in total. The van der Waals surface area contributed by atoms with E-state index in [0.29, 0.717) is 0 Å². The van der Waals surface area contributed by atoms with E-state index in [9.17, 15) is 13.2 Å². The van der Waals surface area contributed by atoms with Crippen LogP contribution < -0.4 is 5.73 Å². The summed E-state index contributed by atoms with van der Waals surface area (Å²) in [7, 11) is -3.13. The highest BCUT2D eigenvalue weighted by molar-refractivity contribution is 7.93. The third kappa shape index (κ3) is 8.96. The van der Waals surface area contributed by atoms with Gasteiger partial charge in [0.05, 0.1) is 0 Å². The van der Waals surface area contributed by atoms with E-state index in [0.717, 1.165) is 11.7 Å². The molecular formula is C5H9NO4S. The Morgan fingerprint density at radius 2 is 2.18 bits per heavy atom. The second kappa shape index (κ2) is 3.97. The summed E-state index contributed by atoms with van der Waals surface area (Å²) in [4.78, 5) is 9.94. The molecule has 0 aromatic rings. The lowest BCUT2D eigenvalue weighted by molar-refractivity contribution is 0.169. The number of carbonyl (C=O) groups is 1. The fraction of sp³-hybridized carbons (Fsp3) is 0.400. The number of nitrogens with two attached hydrogens (primary N) is 1. The minimum atomic E-state index is -3.13. The number of hydrogen-bond acceptors (Lipinski definition) is 4. The molecule has 64 valence electrons. The Labute approximate surface area is 64.7 Å². The summed E-state index contributed by atoms with van der Waals surface area (Å²) in [5.74, 6) is 0. The minimum absolute atomic E-state index is 0.123. The molecule has 0 rings (SSSR count). The third-order valence-electron chi connectivity index (χ3n) is 0.665. The summed E-state index contributed by atoms with van der Waals surface area (Å²) in [6.45, 7) is -0.123. The molecule has 5 nitrogen and oxygen atoms in total. The second-order valence-corrected chi connectivity index (χ2v) is 3.76. The first-order valence-corrected chi connectivity index (χ1v) is 4.66. The maximum atomic E-state index is 10.4. The summed E-state index contributed by atoms with van der Waals surface area (Å²) in [5, 5.41) is 0.940. The molecule has 0 spiro atoms. The molecule has 0 fully saturated rings. The van der Waals surface area contributed by atoms with Gasteiger partial charge in [-0.3, -0.25) is 0 Å². The zero-order chi connectivity index (χ0) is 8.91. The van der Waals surface area contributed by atoms with Crippen LogP contribution in [-0.2, 0) is 14.6 Å². The van der Waals surface area contributed by atoms with Gasteiger partial charge in [-0.1, -0.05) is 0 Å². The molecule has 1 amide bonds. The number of carbonyl (C=O) groups excluding carboxylic acids is 1. The highest BCUT2D eigenvalue weighted by Gasteiger charge is 1.92. The van der Waals surface area contributed by atoms with Gasteiger partial charge in [-0.25, -0.2) is 13.2 Å². The van der Waals surface area contributed by atoms with Crippen LogP contribution in [0.15, 0.2) is 11.5 Å². The van der Waals surface area contributed by atoms with Crippen LogP contribution in [0.2, 0.25) is 0 Å². The summed E-state index contributed by atoms with van der Waals surface area (Å²) < 4.78 is 25.1. The molecule has 0 radical (unpaired) electrons. The Hall–Kier alpha value is -1.04. The molecule has 0 aromatic heterocycles. The summed E-state index contributed by atoms with van der Waals surface area (Å²) in [5.41, 5.74) is 4.60. The first kappa shape index (κ1) is 9.96. The predicted octanol–water partition coefficient (Wildman–Crippen LogP) is -0.360. The quantitative estimate of drug-likeness (QED) is 0.641. The number of ether oxygens (including phenoxy) is 1. The standard InChI is InChI=1S/C5H9NO4S/c1-11(8,9)4-2-3-10-5(6)7/h2,4H,3H2,1H3,(H2,6,7). The average molecular weight is 179 g/mol. The SMILES string of the molecule is CS(=O)(=O)C=CCOC(N)=O. The van der Waals surface area contributed by atoms with E-state index in [1.54, 1.807) is 0 Å². The van der Waals surface area contributed by atoms with Crippen LogP contribution >= 0.6 is 0 Å². The number of primary amides is 1. The largest absolute Gasteiger partial charge is 0.445 e. The van der Waals surface area contributed by atoms with Crippen molar-refractivity contribution in [3.05, 3.63) is 11.5 Å². The van der Waals surface area contributed by atoms with E-state index >= 15 is 0 Å². The lowest BCUT2D eigenvalue weighted by Crippen LogP contribution is -2.12.